The van der Waals surface area contributed by atoms with Crippen LogP contribution in [0.25, 0.3) is 11.0 Å². The average Bonchev–Trinajstić information content (AvgIpc) is 3.31. The minimum Gasteiger partial charge on any atom is -0.381 e. The molecular formula is C20H20N8O. The zero-order valence-electron chi connectivity index (χ0n) is 15.7. The summed E-state index contributed by atoms with van der Waals surface area (Å²) in [6, 6.07) is 8.41. The van der Waals surface area contributed by atoms with Gasteiger partial charge in [-0.05, 0) is 43.9 Å². The highest BCUT2D eigenvalue weighted by atomic mass is 16.1. The molecule has 1 amide bonds. The molecule has 5 heterocycles. The molecular weight excluding hydrogens is 368 g/mol. The summed E-state index contributed by atoms with van der Waals surface area (Å²) in [5.41, 5.74) is 7.80. The van der Waals surface area contributed by atoms with Crippen LogP contribution in [0.3, 0.4) is 0 Å². The number of nitriles is 1. The van der Waals surface area contributed by atoms with E-state index >= 15 is 0 Å². The molecule has 2 aliphatic rings. The van der Waals surface area contributed by atoms with Crippen molar-refractivity contribution in [2.24, 2.45) is 5.73 Å². The molecule has 1 unspecified atom stereocenters. The molecule has 9 nitrogen and oxygen atoms in total. The predicted molar refractivity (Wildman–Crippen MR) is 107 cm³/mol. The van der Waals surface area contributed by atoms with Crippen LogP contribution in [0.5, 0.6) is 0 Å². The van der Waals surface area contributed by atoms with Gasteiger partial charge >= 0.3 is 0 Å². The smallest absolute Gasteiger partial charge is 0.252 e. The third-order valence-electron chi connectivity index (χ3n) is 5.96. The van der Waals surface area contributed by atoms with E-state index in [4.69, 9.17) is 11.0 Å². The first kappa shape index (κ1) is 17.4. The quantitative estimate of drug-likeness (QED) is 0.621. The maximum absolute atomic E-state index is 11.9. The van der Waals surface area contributed by atoms with E-state index in [1.807, 2.05) is 24.4 Å². The minimum absolute atomic E-state index is 0.216. The third kappa shape index (κ3) is 2.93. The average molecular weight is 388 g/mol. The number of piperidine rings is 1. The van der Waals surface area contributed by atoms with E-state index in [-0.39, 0.29) is 6.04 Å². The summed E-state index contributed by atoms with van der Waals surface area (Å²) in [5.74, 6) is 0.334. The van der Waals surface area contributed by atoms with Gasteiger partial charge in [-0.3, -0.25) is 4.79 Å². The van der Waals surface area contributed by atoms with E-state index in [9.17, 15) is 4.79 Å². The SMILES string of the molecule is N#Cc1ccc(N2[C@@H]3CC[C@H]2CC(Nc2c(C(N)=O)cnc4[nH]ccc24)C3)nn1. The van der Waals surface area contributed by atoms with Crippen molar-refractivity contribution >= 4 is 28.4 Å². The summed E-state index contributed by atoms with van der Waals surface area (Å²) >= 11 is 0. The number of aromatic amines is 1. The molecule has 2 fully saturated rings. The molecule has 0 spiro atoms. The number of hydrogen-bond donors (Lipinski definition) is 3. The van der Waals surface area contributed by atoms with Crippen molar-refractivity contribution < 1.29 is 4.79 Å². The van der Waals surface area contributed by atoms with Crippen LogP contribution in [0.15, 0.2) is 30.6 Å². The number of rotatable bonds is 4. The van der Waals surface area contributed by atoms with Crippen molar-refractivity contribution in [3.8, 4) is 6.07 Å². The Kier molecular flexibility index (Phi) is 4.05. The molecule has 29 heavy (non-hydrogen) atoms. The van der Waals surface area contributed by atoms with E-state index in [2.05, 4.69) is 30.4 Å². The molecule has 3 aromatic rings. The Balaban J connectivity index is 1.40. The van der Waals surface area contributed by atoms with Crippen LogP contribution in [-0.2, 0) is 0 Å². The van der Waals surface area contributed by atoms with E-state index < -0.39 is 5.91 Å². The molecule has 2 saturated heterocycles. The fourth-order valence-electron chi connectivity index (χ4n) is 4.75. The minimum atomic E-state index is -0.489. The van der Waals surface area contributed by atoms with Crippen molar-refractivity contribution in [1.29, 1.82) is 5.26 Å². The summed E-state index contributed by atoms with van der Waals surface area (Å²) in [4.78, 5) is 21.6. The number of fused-ring (bicyclic) bond motifs is 3. The number of primary amides is 1. The number of aromatic nitrogens is 4. The molecule has 3 aromatic heterocycles. The lowest BCUT2D eigenvalue weighted by Crippen LogP contribution is -2.47. The monoisotopic (exact) mass is 388 g/mol. The van der Waals surface area contributed by atoms with E-state index in [0.29, 0.717) is 23.3 Å². The number of nitrogens with zero attached hydrogens (tertiary/aromatic N) is 5. The normalized spacial score (nSPS) is 23.1. The topological polar surface area (TPSA) is 137 Å². The summed E-state index contributed by atoms with van der Waals surface area (Å²) in [5, 5.41) is 21.6. The van der Waals surface area contributed by atoms with Crippen molar-refractivity contribution in [3.05, 3.63) is 41.9 Å². The molecule has 0 aliphatic carbocycles. The summed E-state index contributed by atoms with van der Waals surface area (Å²) in [7, 11) is 0. The zero-order valence-corrected chi connectivity index (χ0v) is 15.7. The Morgan fingerprint density at radius 3 is 2.69 bits per heavy atom. The second kappa shape index (κ2) is 6.74. The standard InChI is InChI=1S/C20H20N8O/c21-9-11-1-4-17(27-26-11)28-13-2-3-14(28)8-12(7-13)25-18-15-5-6-23-20(15)24-10-16(18)19(22)29/h1,4-6,10,12-14H,2-3,7-8H2,(H2,22,29)(H2,23,24,25)/t12?,13-,14+. The highest BCUT2D eigenvalue weighted by Crippen LogP contribution is 2.40. The molecule has 146 valence electrons. The first-order valence-electron chi connectivity index (χ1n) is 9.68. The van der Waals surface area contributed by atoms with Crippen LogP contribution < -0.4 is 16.0 Å². The van der Waals surface area contributed by atoms with Crippen molar-refractivity contribution in [2.75, 3.05) is 10.2 Å². The first-order chi connectivity index (χ1) is 14.1. The molecule has 4 N–H and O–H groups in total. The second-order valence-corrected chi connectivity index (χ2v) is 7.64. The van der Waals surface area contributed by atoms with E-state index in [1.165, 1.54) is 6.20 Å². The van der Waals surface area contributed by atoms with E-state index in [1.54, 1.807) is 6.07 Å². The maximum atomic E-state index is 11.9. The molecule has 0 aromatic carbocycles. The van der Waals surface area contributed by atoms with Gasteiger partial charge in [-0.25, -0.2) is 4.98 Å². The number of carbonyl (C=O) groups excluding carboxylic acids is 1. The first-order valence-corrected chi connectivity index (χ1v) is 9.68. The van der Waals surface area contributed by atoms with Crippen LogP contribution in [0.2, 0.25) is 0 Å². The van der Waals surface area contributed by atoms with Crippen molar-refractivity contribution in [2.45, 2.75) is 43.8 Å². The highest BCUT2D eigenvalue weighted by Gasteiger charge is 2.41. The molecule has 2 bridgehead atoms. The number of carbonyl (C=O) groups is 1. The second-order valence-electron chi connectivity index (χ2n) is 7.64. The van der Waals surface area contributed by atoms with Gasteiger partial charge < -0.3 is 20.9 Å². The lowest BCUT2D eigenvalue weighted by atomic mass is 9.96. The van der Waals surface area contributed by atoms with Crippen LogP contribution in [0, 0.1) is 11.3 Å². The fraction of sp³-hybridized carbons (Fsp3) is 0.350. The Hall–Kier alpha value is -3.67. The van der Waals surface area contributed by atoms with Crippen LogP contribution in [0.1, 0.15) is 41.7 Å². The Morgan fingerprint density at radius 2 is 2.03 bits per heavy atom. The largest absolute Gasteiger partial charge is 0.381 e. The number of amides is 1. The van der Waals surface area contributed by atoms with Gasteiger partial charge in [0.2, 0.25) is 0 Å². The van der Waals surface area contributed by atoms with Crippen molar-refractivity contribution in [1.82, 2.24) is 20.2 Å². The van der Waals surface area contributed by atoms with Gasteiger partial charge in [0.15, 0.2) is 11.5 Å². The van der Waals surface area contributed by atoms with E-state index in [0.717, 1.165) is 48.2 Å². The molecule has 0 saturated carbocycles. The number of anilines is 2. The van der Waals surface area contributed by atoms with Crippen molar-refractivity contribution in [3.63, 3.8) is 0 Å². The summed E-state index contributed by atoms with van der Waals surface area (Å²) in [6.45, 7) is 0. The van der Waals surface area contributed by atoms with Gasteiger partial charge in [0.1, 0.15) is 11.7 Å². The van der Waals surface area contributed by atoms with Gasteiger partial charge in [0.25, 0.3) is 5.91 Å². The number of nitrogens with one attached hydrogen (secondary N) is 2. The van der Waals surface area contributed by atoms with Gasteiger partial charge in [0, 0.05) is 35.9 Å². The van der Waals surface area contributed by atoms with Crippen LogP contribution >= 0.6 is 0 Å². The lowest BCUT2D eigenvalue weighted by Gasteiger charge is -2.40. The predicted octanol–water partition coefficient (Wildman–Crippen LogP) is 1.94. The highest BCUT2D eigenvalue weighted by molar-refractivity contribution is 6.06. The molecule has 0 radical (unpaired) electrons. The van der Waals surface area contributed by atoms with Crippen LogP contribution in [-0.4, -0.2) is 44.2 Å². The summed E-state index contributed by atoms with van der Waals surface area (Å²) in [6.07, 6.45) is 7.35. The zero-order chi connectivity index (χ0) is 20.0. The van der Waals surface area contributed by atoms with Crippen LogP contribution in [0.4, 0.5) is 11.5 Å². The molecule has 9 heteroatoms. The molecule has 5 rings (SSSR count). The molecule has 3 atom stereocenters. The number of H-pyrrole nitrogens is 1. The Morgan fingerprint density at radius 1 is 1.24 bits per heavy atom. The van der Waals surface area contributed by atoms with Gasteiger partial charge in [-0.1, -0.05) is 0 Å². The maximum Gasteiger partial charge on any atom is 0.252 e. The van der Waals surface area contributed by atoms with Gasteiger partial charge in [-0.2, -0.15) is 5.26 Å². The third-order valence-corrected chi connectivity index (χ3v) is 5.96. The lowest BCUT2D eigenvalue weighted by molar-refractivity contribution is 0.100. The number of hydrogen-bond acceptors (Lipinski definition) is 7. The van der Waals surface area contributed by atoms with Gasteiger partial charge in [-0.15, -0.1) is 10.2 Å². The number of pyridine rings is 1. The summed E-state index contributed by atoms with van der Waals surface area (Å²) < 4.78 is 0. The Labute approximate surface area is 166 Å². The molecule has 2 aliphatic heterocycles. The number of nitrogens with two attached hydrogens (primary N) is 1. The van der Waals surface area contributed by atoms with Gasteiger partial charge in [0.05, 0.1) is 11.3 Å². The fourth-order valence-corrected chi connectivity index (χ4v) is 4.75. The Bertz CT molecular complexity index is 1100.